The van der Waals surface area contributed by atoms with Gasteiger partial charge in [0.1, 0.15) is 23.4 Å². The number of guanidine groups is 1. The first kappa shape index (κ1) is 18.2. The van der Waals surface area contributed by atoms with E-state index in [0.29, 0.717) is 13.2 Å². The third kappa shape index (κ3) is 4.50. The fraction of sp³-hybridized carbons (Fsp3) is 0.450. The van der Waals surface area contributed by atoms with Gasteiger partial charge in [-0.05, 0) is 38.1 Å². The van der Waals surface area contributed by atoms with Gasteiger partial charge in [0.25, 0.3) is 0 Å². The first-order chi connectivity index (χ1) is 12.7. The normalized spacial score (nSPS) is 16.1. The molecule has 6 nitrogen and oxygen atoms in total. The van der Waals surface area contributed by atoms with Gasteiger partial charge in [0.05, 0.1) is 12.9 Å². The molecule has 1 aliphatic rings. The zero-order valence-electron chi connectivity index (χ0n) is 15.7. The van der Waals surface area contributed by atoms with Crippen LogP contribution in [0.15, 0.2) is 39.9 Å². The van der Waals surface area contributed by atoms with Crippen LogP contribution in [0.4, 0.5) is 0 Å². The highest BCUT2D eigenvalue weighted by atomic mass is 16.5. The summed E-state index contributed by atoms with van der Waals surface area (Å²) in [5.41, 5.74) is 2.28. The molecule has 6 heteroatoms. The number of hydrogen-bond donors (Lipinski definition) is 2. The van der Waals surface area contributed by atoms with Crippen molar-refractivity contribution in [3.05, 3.63) is 47.4 Å². The van der Waals surface area contributed by atoms with Crippen molar-refractivity contribution < 1.29 is 13.9 Å². The number of fused-ring (bicyclic) bond motifs is 1. The number of benzene rings is 1. The Hall–Kier alpha value is -2.63. The maximum Gasteiger partial charge on any atom is 0.191 e. The van der Waals surface area contributed by atoms with Gasteiger partial charge >= 0.3 is 0 Å². The lowest BCUT2D eigenvalue weighted by molar-refractivity contribution is 0.254. The second kappa shape index (κ2) is 8.65. The number of rotatable bonds is 7. The predicted molar refractivity (Wildman–Crippen MR) is 102 cm³/mol. The molecular formula is C20H27N3O3. The molecule has 1 atom stereocenters. The maximum absolute atomic E-state index is 5.88. The second-order valence-electron chi connectivity index (χ2n) is 6.32. The van der Waals surface area contributed by atoms with Crippen molar-refractivity contribution in [3.63, 3.8) is 0 Å². The Morgan fingerprint density at radius 2 is 2.23 bits per heavy atom. The van der Waals surface area contributed by atoms with Crippen LogP contribution < -0.4 is 20.1 Å². The number of nitrogens with one attached hydrogen (secondary N) is 2. The van der Waals surface area contributed by atoms with Crippen molar-refractivity contribution >= 4 is 5.96 Å². The molecule has 1 unspecified atom stereocenters. The van der Waals surface area contributed by atoms with Crippen molar-refractivity contribution in [1.29, 1.82) is 0 Å². The minimum atomic E-state index is 0.221. The summed E-state index contributed by atoms with van der Waals surface area (Å²) in [6.07, 6.45) is 3.65. The van der Waals surface area contributed by atoms with Gasteiger partial charge in [-0.1, -0.05) is 0 Å². The van der Waals surface area contributed by atoms with E-state index in [1.165, 1.54) is 5.56 Å². The fourth-order valence-corrected chi connectivity index (χ4v) is 3.07. The minimum Gasteiger partial charge on any atom is -0.494 e. The third-order valence-electron chi connectivity index (χ3n) is 4.29. The number of hydrogen-bond acceptors (Lipinski definition) is 4. The van der Waals surface area contributed by atoms with Gasteiger partial charge < -0.3 is 24.5 Å². The molecule has 1 aliphatic heterocycles. The van der Waals surface area contributed by atoms with Crippen LogP contribution in [-0.4, -0.2) is 32.3 Å². The zero-order chi connectivity index (χ0) is 18.4. The molecule has 0 radical (unpaired) electrons. The third-order valence-corrected chi connectivity index (χ3v) is 4.29. The molecule has 140 valence electrons. The molecule has 26 heavy (non-hydrogen) atoms. The number of aliphatic imine (C=N–C) groups is 1. The molecule has 0 bridgehead atoms. The average molecular weight is 357 g/mol. The Morgan fingerprint density at radius 3 is 2.96 bits per heavy atom. The van der Waals surface area contributed by atoms with Crippen LogP contribution in [-0.2, 0) is 19.4 Å². The highest BCUT2D eigenvalue weighted by Crippen LogP contribution is 2.35. The first-order valence-electron chi connectivity index (χ1n) is 9.11. The lowest BCUT2D eigenvalue weighted by atomic mass is 10.1. The van der Waals surface area contributed by atoms with Crippen LogP contribution in [0.5, 0.6) is 11.5 Å². The molecule has 0 aliphatic carbocycles. The number of furan rings is 1. The number of nitrogens with zero attached hydrogens (tertiary/aromatic N) is 1. The smallest absolute Gasteiger partial charge is 0.191 e. The van der Waals surface area contributed by atoms with E-state index in [0.717, 1.165) is 48.2 Å². The Balaban J connectivity index is 1.59. The standard InChI is InChI=1S/C20H27N3O3/c1-4-24-18-11-15-10-14(2)26-19(15)12-16(18)13-23-20(21-3)22-8-7-17-6-5-9-25-17/h5-6,9,11-12,14H,4,7-8,10,13H2,1-3H3,(H2,21,22,23). The molecule has 3 rings (SSSR count). The van der Waals surface area contributed by atoms with Gasteiger partial charge in [-0.3, -0.25) is 4.99 Å². The summed E-state index contributed by atoms with van der Waals surface area (Å²) in [4.78, 5) is 4.27. The van der Waals surface area contributed by atoms with Crippen LogP contribution in [0, 0.1) is 0 Å². The molecular weight excluding hydrogens is 330 g/mol. The van der Waals surface area contributed by atoms with E-state index in [2.05, 4.69) is 34.7 Å². The maximum atomic E-state index is 5.88. The quantitative estimate of drug-likeness (QED) is 0.589. The zero-order valence-corrected chi connectivity index (χ0v) is 15.7. The highest BCUT2D eigenvalue weighted by molar-refractivity contribution is 5.79. The predicted octanol–water partition coefficient (Wildman–Crippen LogP) is 2.91. The molecule has 1 aromatic heterocycles. The lowest BCUT2D eigenvalue weighted by Crippen LogP contribution is -2.37. The van der Waals surface area contributed by atoms with E-state index in [4.69, 9.17) is 13.9 Å². The largest absolute Gasteiger partial charge is 0.494 e. The molecule has 0 spiro atoms. The van der Waals surface area contributed by atoms with Crippen LogP contribution in [0.3, 0.4) is 0 Å². The molecule has 2 heterocycles. The molecule has 0 fully saturated rings. The summed E-state index contributed by atoms with van der Waals surface area (Å²) in [6, 6.07) is 8.05. The summed E-state index contributed by atoms with van der Waals surface area (Å²) < 4.78 is 17.0. The molecule has 2 N–H and O–H groups in total. The van der Waals surface area contributed by atoms with Gasteiger partial charge in [0.2, 0.25) is 0 Å². The van der Waals surface area contributed by atoms with Crippen LogP contribution in [0.2, 0.25) is 0 Å². The molecule has 2 aromatic rings. The monoisotopic (exact) mass is 357 g/mol. The molecule has 0 saturated carbocycles. The summed E-state index contributed by atoms with van der Waals surface area (Å²) in [7, 11) is 1.76. The highest BCUT2D eigenvalue weighted by Gasteiger charge is 2.21. The van der Waals surface area contributed by atoms with Crippen molar-refractivity contribution in [2.45, 2.75) is 39.3 Å². The van der Waals surface area contributed by atoms with Crippen molar-refractivity contribution in [3.8, 4) is 11.5 Å². The fourth-order valence-electron chi connectivity index (χ4n) is 3.07. The van der Waals surface area contributed by atoms with Crippen LogP contribution in [0.1, 0.15) is 30.7 Å². The number of ether oxygens (including phenoxy) is 2. The average Bonchev–Trinajstić information content (AvgIpc) is 3.26. The Kier molecular flexibility index (Phi) is 6.04. The van der Waals surface area contributed by atoms with Gasteiger partial charge in [-0.15, -0.1) is 0 Å². The lowest BCUT2D eigenvalue weighted by Gasteiger charge is -2.15. The molecule has 1 aromatic carbocycles. The van der Waals surface area contributed by atoms with Crippen LogP contribution in [0.25, 0.3) is 0 Å². The Morgan fingerprint density at radius 1 is 1.35 bits per heavy atom. The van der Waals surface area contributed by atoms with E-state index >= 15 is 0 Å². The van der Waals surface area contributed by atoms with Crippen molar-refractivity contribution in [2.75, 3.05) is 20.2 Å². The van der Waals surface area contributed by atoms with Crippen molar-refractivity contribution in [1.82, 2.24) is 10.6 Å². The summed E-state index contributed by atoms with van der Waals surface area (Å²) in [5.74, 6) is 3.56. The Bertz CT molecular complexity index is 741. The van der Waals surface area contributed by atoms with Gasteiger partial charge in [0.15, 0.2) is 5.96 Å². The summed E-state index contributed by atoms with van der Waals surface area (Å²) in [5, 5.41) is 6.64. The van der Waals surface area contributed by atoms with Crippen molar-refractivity contribution in [2.24, 2.45) is 4.99 Å². The van der Waals surface area contributed by atoms with E-state index in [1.807, 2.05) is 19.1 Å². The van der Waals surface area contributed by atoms with Gasteiger partial charge in [0, 0.05) is 44.1 Å². The molecule has 0 saturated heterocycles. The topological polar surface area (TPSA) is 68.0 Å². The second-order valence-corrected chi connectivity index (χ2v) is 6.32. The van der Waals surface area contributed by atoms with E-state index in [-0.39, 0.29) is 6.10 Å². The first-order valence-corrected chi connectivity index (χ1v) is 9.11. The van der Waals surface area contributed by atoms with Gasteiger partial charge in [-0.2, -0.15) is 0 Å². The summed E-state index contributed by atoms with van der Waals surface area (Å²) in [6.45, 7) is 6.08. The van der Waals surface area contributed by atoms with E-state index in [1.54, 1.807) is 13.3 Å². The van der Waals surface area contributed by atoms with E-state index < -0.39 is 0 Å². The van der Waals surface area contributed by atoms with Gasteiger partial charge in [-0.25, -0.2) is 0 Å². The summed E-state index contributed by atoms with van der Waals surface area (Å²) >= 11 is 0. The SMILES string of the molecule is CCOc1cc2c(cc1CNC(=NC)NCCc1ccco1)OC(C)C2. The minimum absolute atomic E-state index is 0.221. The Labute approximate surface area is 154 Å². The van der Waals surface area contributed by atoms with E-state index in [9.17, 15) is 0 Å². The molecule has 0 amide bonds. The van der Waals surface area contributed by atoms with Crippen LogP contribution >= 0.6 is 0 Å².